The third-order valence-electron chi connectivity index (χ3n) is 3.25. The van der Waals surface area contributed by atoms with Gasteiger partial charge in [-0.3, -0.25) is 5.32 Å². The number of hydrogen-bond donors (Lipinski definition) is 1. The summed E-state index contributed by atoms with van der Waals surface area (Å²) in [5.41, 5.74) is 2.91. The van der Waals surface area contributed by atoms with Crippen LogP contribution in [0.4, 0.5) is 0 Å². The number of fused-ring (bicyclic) bond motifs is 1. The van der Waals surface area contributed by atoms with Gasteiger partial charge in [-0.2, -0.15) is 0 Å². The summed E-state index contributed by atoms with van der Waals surface area (Å²) < 4.78 is 0. The van der Waals surface area contributed by atoms with Crippen molar-refractivity contribution in [3.8, 4) is 12.3 Å². The zero-order valence-corrected chi connectivity index (χ0v) is 9.16. The summed E-state index contributed by atoms with van der Waals surface area (Å²) >= 11 is 0. The van der Waals surface area contributed by atoms with Gasteiger partial charge in [-0.1, -0.05) is 37.1 Å². The van der Waals surface area contributed by atoms with E-state index in [-0.39, 0.29) is 0 Å². The summed E-state index contributed by atoms with van der Waals surface area (Å²) in [5.74, 6) is 3.33. The van der Waals surface area contributed by atoms with Gasteiger partial charge < -0.3 is 0 Å². The van der Waals surface area contributed by atoms with Gasteiger partial charge in [0.25, 0.3) is 0 Å². The molecule has 0 aliphatic heterocycles. The fourth-order valence-corrected chi connectivity index (χ4v) is 2.40. The lowest BCUT2D eigenvalue weighted by Crippen LogP contribution is -2.31. The molecule has 0 heterocycles. The van der Waals surface area contributed by atoms with Gasteiger partial charge in [-0.15, -0.1) is 6.42 Å². The van der Waals surface area contributed by atoms with Gasteiger partial charge in [-0.05, 0) is 29.9 Å². The van der Waals surface area contributed by atoms with E-state index in [0.29, 0.717) is 18.5 Å². The highest BCUT2D eigenvalue weighted by Crippen LogP contribution is 2.33. The molecule has 1 aromatic carbocycles. The predicted molar refractivity (Wildman–Crippen MR) is 63.5 cm³/mol. The topological polar surface area (TPSA) is 12.0 Å². The van der Waals surface area contributed by atoms with Crippen molar-refractivity contribution in [2.75, 3.05) is 6.54 Å². The monoisotopic (exact) mass is 199 g/mol. The molecule has 2 unspecified atom stereocenters. The van der Waals surface area contributed by atoms with E-state index in [9.17, 15) is 0 Å². The van der Waals surface area contributed by atoms with Crippen LogP contribution in [0.2, 0.25) is 0 Å². The van der Waals surface area contributed by atoms with E-state index in [2.05, 4.69) is 42.4 Å². The maximum atomic E-state index is 5.30. The maximum Gasteiger partial charge on any atom is 0.0578 e. The minimum atomic E-state index is 0.436. The first-order valence-corrected chi connectivity index (χ1v) is 5.57. The van der Waals surface area contributed by atoms with E-state index < -0.39 is 0 Å². The lowest BCUT2D eigenvalue weighted by molar-refractivity contribution is 0.356. The van der Waals surface area contributed by atoms with Crippen molar-refractivity contribution < 1.29 is 0 Å². The highest BCUT2D eigenvalue weighted by Gasteiger charge is 2.25. The fourth-order valence-electron chi connectivity index (χ4n) is 2.40. The second kappa shape index (κ2) is 4.51. The normalized spacial score (nSPS) is 24.3. The number of rotatable bonds is 2. The molecule has 1 N–H and O–H groups in total. The Morgan fingerprint density at radius 3 is 3.07 bits per heavy atom. The molecule has 0 aromatic heterocycles. The van der Waals surface area contributed by atoms with Crippen LogP contribution < -0.4 is 5.32 Å². The molecule has 2 rings (SSSR count). The molecule has 15 heavy (non-hydrogen) atoms. The SMILES string of the molecule is C#CCNC1c2ccccc2CCC1C. The summed E-state index contributed by atoms with van der Waals surface area (Å²) in [7, 11) is 0. The van der Waals surface area contributed by atoms with Crippen molar-refractivity contribution in [3.05, 3.63) is 35.4 Å². The average molecular weight is 199 g/mol. The minimum Gasteiger partial charge on any atom is -0.299 e. The van der Waals surface area contributed by atoms with Crippen LogP contribution in [0.3, 0.4) is 0 Å². The van der Waals surface area contributed by atoms with Crippen molar-refractivity contribution >= 4 is 0 Å². The number of benzene rings is 1. The molecule has 0 saturated carbocycles. The van der Waals surface area contributed by atoms with E-state index in [1.54, 1.807) is 0 Å². The van der Waals surface area contributed by atoms with Crippen LogP contribution in [-0.2, 0) is 6.42 Å². The van der Waals surface area contributed by atoms with E-state index in [1.807, 2.05) is 0 Å². The molecule has 1 aromatic rings. The second-order valence-corrected chi connectivity index (χ2v) is 4.28. The lowest BCUT2D eigenvalue weighted by atomic mass is 9.81. The van der Waals surface area contributed by atoms with Crippen LogP contribution in [0.25, 0.3) is 0 Å². The van der Waals surface area contributed by atoms with Crippen molar-refractivity contribution in [3.63, 3.8) is 0 Å². The Kier molecular flexibility index (Phi) is 3.08. The first kappa shape index (κ1) is 10.3. The highest BCUT2D eigenvalue weighted by molar-refractivity contribution is 5.33. The molecule has 1 heteroatoms. The molecule has 1 aliphatic carbocycles. The van der Waals surface area contributed by atoms with Gasteiger partial charge >= 0.3 is 0 Å². The zero-order chi connectivity index (χ0) is 10.7. The number of hydrogen-bond acceptors (Lipinski definition) is 1. The number of terminal acetylenes is 1. The average Bonchev–Trinajstić information content (AvgIpc) is 2.28. The van der Waals surface area contributed by atoms with E-state index in [4.69, 9.17) is 6.42 Å². The molecule has 0 spiro atoms. The van der Waals surface area contributed by atoms with Crippen LogP contribution >= 0.6 is 0 Å². The van der Waals surface area contributed by atoms with Gasteiger partial charge in [0.05, 0.1) is 6.54 Å². The maximum absolute atomic E-state index is 5.30. The number of aryl methyl sites for hydroxylation is 1. The van der Waals surface area contributed by atoms with Crippen LogP contribution in [0.5, 0.6) is 0 Å². The lowest BCUT2D eigenvalue weighted by Gasteiger charge is -2.31. The van der Waals surface area contributed by atoms with Crippen molar-refractivity contribution in [1.82, 2.24) is 5.32 Å². The van der Waals surface area contributed by atoms with Crippen LogP contribution in [0, 0.1) is 18.3 Å². The highest BCUT2D eigenvalue weighted by atomic mass is 14.9. The Bertz CT molecular complexity index is 375. The molecule has 0 amide bonds. The van der Waals surface area contributed by atoms with Crippen molar-refractivity contribution in [2.24, 2.45) is 5.92 Å². The summed E-state index contributed by atoms with van der Waals surface area (Å²) in [6, 6.07) is 9.12. The molecule has 2 atom stereocenters. The summed E-state index contributed by atoms with van der Waals surface area (Å²) in [4.78, 5) is 0. The molecule has 1 aliphatic rings. The predicted octanol–water partition coefficient (Wildman–Crippen LogP) is 2.53. The van der Waals surface area contributed by atoms with Crippen LogP contribution in [-0.4, -0.2) is 6.54 Å². The van der Waals surface area contributed by atoms with Gasteiger partial charge in [-0.25, -0.2) is 0 Å². The minimum absolute atomic E-state index is 0.436. The summed E-state index contributed by atoms with van der Waals surface area (Å²) in [6.07, 6.45) is 7.75. The van der Waals surface area contributed by atoms with Crippen molar-refractivity contribution in [1.29, 1.82) is 0 Å². The quantitative estimate of drug-likeness (QED) is 0.722. The molecule has 0 saturated heterocycles. The van der Waals surface area contributed by atoms with Gasteiger partial charge in [0.15, 0.2) is 0 Å². The molecule has 0 fully saturated rings. The Morgan fingerprint density at radius 2 is 2.27 bits per heavy atom. The van der Waals surface area contributed by atoms with Gasteiger partial charge in [0, 0.05) is 6.04 Å². The van der Waals surface area contributed by atoms with E-state index in [1.165, 1.54) is 24.0 Å². The van der Waals surface area contributed by atoms with Crippen molar-refractivity contribution in [2.45, 2.75) is 25.8 Å². The molecule has 1 nitrogen and oxygen atoms in total. The molecular formula is C14H17N. The third kappa shape index (κ3) is 2.06. The largest absolute Gasteiger partial charge is 0.299 e. The smallest absolute Gasteiger partial charge is 0.0578 e. The Balaban J connectivity index is 2.25. The van der Waals surface area contributed by atoms with Crippen LogP contribution in [0.1, 0.15) is 30.5 Å². The fraction of sp³-hybridized carbons (Fsp3) is 0.429. The van der Waals surface area contributed by atoms with Crippen LogP contribution in [0.15, 0.2) is 24.3 Å². The molecule has 0 radical (unpaired) electrons. The molecule has 78 valence electrons. The Hall–Kier alpha value is -1.26. The summed E-state index contributed by atoms with van der Waals surface area (Å²) in [6.45, 7) is 2.95. The molecular weight excluding hydrogens is 182 g/mol. The molecule has 0 bridgehead atoms. The van der Waals surface area contributed by atoms with Gasteiger partial charge in [0.2, 0.25) is 0 Å². The number of nitrogens with one attached hydrogen (secondary N) is 1. The summed E-state index contributed by atoms with van der Waals surface area (Å²) in [5, 5.41) is 3.44. The Labute approximate surface area is 91.9 Å². The first-order chi connectivity index (χ1) is 7.33. The van der Waals surface area contributed by atoms with Gasteiger partial charge in [0.1, 0.15) is 0 Å². The third-order valence-corrected chi connectivity index (χ3v) is 3.25. The Morgan fingerprint density at radius 1 is 1.47 bits per heavy atom. The first-order valence-electron chi connectivity index (χ1n) is 5.57. The van der Waals surface area contributed by atoms with E-state index >= 15 is 0 Å². The standard InChI is InChI=1S/C14H17N/c1-3-10-15-14-11(2)8-9-12-6-4-5-7-13(12)14/h1,4-7,11,14-15H,8-10H2,2H3. The van der Waals surface area contributed by atoms with E-state index in [0.717, 1.165) is 0 Å². The zero-order valence-electron chi connectivity index (χ0n) is 9.16. The second-order valence-electron chi connectivity index (χ2n) is 4.28.